The average molecular weight is 477 g/mol. The fraction of sp³-hybridized carbons (Fsp3) is 0.538. The van der Waals surface area contributed by atoms with Crippen LogP contribution in [0.25, 0.3) is 0 Å². The van der Waals surface area contributed by atoms with Crippen molar-refractivity contribution >= 4 is 11.8 Å². The molecule has 184 valence electrons. The summed E-state index contributed by atoms with van der Waals surface area (Å²) >= 11 is 0. The number of halogens is 3. The zero-order chi connectivity index (χ0) is 24.7. The van der Waals surface area contributed by atoms with Gasteiger partial charge in [-0.3, -0.25) is 9.59 Å². The highest BCUT2D eigenvalue weighted by Crippen LogP contribution is 2.41. The van der Waals surface area contributed by atoms with E-state index in [1.165, 1.54) is 24.3 Å². The number of nitrogens with zero attached hydrogens (tertiary/aromatic N) is 1. The van der Waals surface area contributed by atoms with Crippen LogP contribution in [0.1, 0.15) is 67.8 Å². The number of primary amides is 1. The second-order valence-corrected chi connectivity index (χ2v) is 9.94. The van der Waals surface area contributed by atoms with Gasteiger partial charge in [0.1, 0.15) is 0 Å². The summed E-state index contributed by atoms with van der Waals surface area (Å²) in [4.78, 5) is 26.6. The number of carbonyl (C=O) groups is 2. The minimum Gasteiger partial charge on any atom is -0.376 e. The van der Waals surface area contributed by atoms with E-state index >= 15 is 0 Å². The van der Waals surface area contributed by atoms with Gasteiger partial charge in [-0.25, -0.2) is 0 Å². The van der Waals surface area contributed by atoms with Crippen LogP contribution in [-0.4, -0.2) is 40.1 Å². The van der Waals surface area contributed by atoms with E-state index in [9.17, 15) is 27.9 Å². The molecule has 3 aliphatic carbocycles. The van der Waals surface area contributed by atoms with Crippen molar-refractivity contribution in [3.05, 3.63) is 59.2 Å². The molecule has 3 aliphatic rings. The van der Waals surface area contributed by atoms with Crippen LogP contribution >= 0.6 is 0 Å². The highest BCUT2D eigenvalue weighted by atomic mass is 19.4. The highest BCUT2D eigenvalue weighted by Gasteiger charge is 2.51. The first-order valence-corrected chi connectivity index (χ1v) is 11.9. The second kappa shape index (κ2) is 9.21. The monoisotopic (exact) mass is 476 g/mol. The highest BCUT2D eigenvalue weighted by molar-refractivity contribution is 5.95. The van der Waals surface area contributed by atoms with Crippen molar-refractivity contribution in [3.63, 3.8) is 0 Å². The van der Waals surface area contributed by atoms with Gasteiger partial charge < -0.3 is 15.7 Å². The molecule has 8 heteroatoms. The zero-order valence-electron chi connectivity index (χ0n) is 19.2. The van der Waals surface area contributed by atoms with E-state index < -0.39 is 17.7 Å². The molecule has 0 aromatic heterocycles. The molecule has 2 amide bonds. The maximum absolute atomic E-state index is 13.3. The Hall–Kier alpha value is -2.61. The van der Waals surface area contributed by atoms with Crippen LogP contribution in [0.5, 0.6) is 0 Å². The molecule has 3 N–H and O–H groups in total. The van der Waals surface area contributed by atoms with Crippen molar-refractivity contribution < 1.29 is 27.9 Å². The van der Waals surface area contributed by atoms with Crippen LogP contribution in [-0.2, 0) is 10.4 Å². The fourth-order valence-electron chi connectivity index (χ4n) is 5.21. The van der Waals surface area contributed by atoms with Crippen LogP contribution in [0.15, 0.2) is 48.1 Å². The van der Waals surface area contributed by atoms with Crippen LogP contribution in [0.2, 0.25) is 0 Å². The van der Waals surface area contributed by atoms with Gasteiger partial charge in [-0.2, -0.15) is 13.2 Å². The lowest BCUT2D eigenvalue weighted by molar-refractivity contribution is -0.258. The van der Waals surface area contributed by atoms with Crippen LogP contribution in [0, 0.1) is 11.8 Å². The summed E-state index contributed by atoms with van der Waals surface area (Å²) in [6, 6.07) is 5.43. The smallest absolute Gasteiger partial charge is 0.376 e. The molecule has 2 atom stereocenters. The van der Waals surface area contributed by atoms with Gasteiger partial charge in [-0.15, -0.1) is 0 Å². The Balaban J connectivity index is 1.40. The summed E-state index contributed by atoms with van der Waals surface area (Å²) in [5, 5.41) is 9.89. The van der Waals surface area contributed by atoms with Crippen molar-refractivity contribution in [3.8, 4) is 0 Å². The van der Waals surface area contributed by atoms with Gasteiger partial charge in [0.2, 0.25) is 5.91 Å². The Labute approximate surface area is 197 Å². The number of aliphatic hydroxyl groups is 1. The van der Waals surface area contributed by atoms with Gasteiger partial charge in [0, 0.05) is 23.2 Å². The molecule has 0 aliphatic heterocycles. The number of benzene rings is 1. The zero-order valence-corrected chi connectivity index (χ0v) is 19.2. The molecule has 0 radical (unpaired) electrons. The van der Waals surface area contributed by atoms with Crippen molar-refractivity contribution in [2.45, 2.75) is 75.7 Å². The van der Waals surface area contributed by atoms with E-state index in [0.717, 1.165) is 44.9 Å². The van der Waals surface area contributed by atoms with E-state index in [4.69, 9.17) is 5.73 Å². The Bertz CT molecular complexity index is 986. The van der Waals surface area contributed by atoms with Crippen molar-refractivity contribution in [1.29, 1.82) is 0 Å². The summed E-state index contributed by atoms with van der Waals surface area (Å²) in [5.41, 5.74) is 2.98. The lowest BCUT2D eigenvalue weighted by atomic mass is 9.75. The quantitative estimate of drug-likeness (QED) is 0.629. The standard InChI is InChI=1S/C26H31F3N2O3/c1-25(34,26(27,28)29)20-10-6-19(7-11-20)24(33)31(22-14-15-22)21-12-8-17(9-13-21)16-2-4-18(5-3-16)23(30)32/h2,4-7,10-11,16-17,21-22,34H,3,8-9,12-15H2,1H3,(H2,30,32)/t16?,17?,21?,25-/m0/s1. The lowest BCUT2D eigenvalue weighted by Crippen LogP contribution is -2.44. The molecule has 0 bridgehead atoms. The molecule has 5 nitrogen and oxygen atoms in total. The Morgan fingerprint density at radius 1 is 1.00 bits per heavy atom. The number of amides is 2. The summed E-state index contributed by atoms with van der Waals surface area (Å²) < 4.78 is 39.4. The van der Waals surface area contributed by atoms with Crippen molar-refractivity contribution in [2.75, 3.05) is 0 Å². The van der Waals surface area contributed by atoms with Crippen LogP contribution in [0.3, 0.4) is 0 Å². The second-order valence-electron chi connectivity index (χ2n) is 9.94. The number of allylic oxidation sites excluding steroid dienone is 2. The molecule has 0 saturated heterocycles. The largest absolute Gasteiger partial charge is 0.421 e. The molecule has 1 aromatic carbocycles. The van der Waals surface area contributed by atoms with Gasteiger partial charge in [0.05, 0.1) is 0 Å². The maximum atomic E-state index is 13.3. The molecule has 2 saturated carbocycles. The molecular formula is C26H31F3N2O3. The SMILES string of the molecule is C[C@](O)(c1ccc(C(=O)N(C2CCC(C3C=CC(C(N)=O)=CC3)CC2)C2CC2)cc1)C(F)(F)F. The first-order chi connectivity index (χ1) is 16.0. The van der Waals surface area contributed by atoms with Gasteiger partial charge in [0.25, 0.3) is 5.91 Å². The average Bonchev–Trinajstić information content (AvgIpc) is 3.64. The number of hydrogen-bond donors (Lipinski definition) is 2. The third kappa shape index (κ3) is 4.92. The predicted octanol–water partition coefficient (Wildman–Crippen LogP) is 4.61. The fourth-order valence-corrected chi connectivity index (χ4v) is 5.21. The van der Waals surface area contributed by atoms with Crippen LogP contribution in [0.4, 0.5) is 13.2 Å². The molecule has 4 rings (SSSR count). The number of nitrogens with two attached hydrogens (primary N) is 1. The van der Waals surface area contributed by atoms with E-state index in [1.807, 2.05) is 17.1 Å². The molecule has 1 aromatic rings. The normalized spacial score (nSPS) is 27.0. The third-order valence-corrected chi connectivity index (χ3v) is 7.58. The molecular weight excluding hydrogens is 445 g/mol. The van der Waals surface area contributed by atoms with Gasteiger partial charge in [-0.1, -0.05) is 30.4 Å². The van der Waals surface area contributed by atoms with Crippen molar-refractivity contribution in [2.24, 2.45) is 17.6 Å². The first-order valence-electron chi connectivity index (χ1n) is 11.9. The summed E-state index contributed by atoms with van der Waals surface area (Å²) in [5.74, 6) is 0.282. The Morgan fingerprint density at radius 2 is 1.56 bits per heavy atom. The lowest BCUT2D eigenvalue weighted by Gasteiger charge is -2.39. The Kier molecular flexibility index (Phi) is 6.64. The summed E-state index contributed by atoms with van der Waals surface area (Å²) in [6.07, 6.45) is 7.37. The van der Waals surface area contributed by atoms with Crippen LogP contribution < -0.4 is 5.73 Å². The molecule has 1 unspecified atom stereocenters. The van der Waals surface area contributed by atoms with E-state index in [2.05, 4.69) is 6.08 Å². The first kappa shape index (κ1) is 24.5. The molecule has 0 spiro atoms. The number of carbonyl (C=O) groups excluding carboxylic acids is 2. The minimum absolute atomic E-state index is 0.110. The van der Waals surface area contributed by atoms with E-state index in [0.29, 0.717) is 29.9 Å². The Morgan fingerprint density at radius 3 is 2.00 bits per heavy atom. The number of rotatable bonds is 6. The molecule has 34 heavy (non-hydrogen) atoms. The van der Waals surface area contributed by atoms with Gasteiger partial charge in [0.15, 0.2) is 5.60 Å². The minimum atomic E-state index is -4.80. The molecule has 0 heterocycles. The molecule has 2 fully saturated rings. The van der Waals surface area contributed by atoms with Gasteiger partial charge in [-0.05, 0) is 81.4 Å². The summed E-state index contributed by atoms with van der Waals surface area (Å²) in [6.45, 7) is 0.713. The number of hydrogen-bond acceptors (Lipinski definition) is 3. The van der Waals surface area contributed by atoms with E-state index in [-0.39, 0.29) is 23.6 Å². The maximum Gasteiger partial charge on any atom is 0.421 e. The summed E-state index contributed by atoms with van der Waals surface area (Å²) in [7, 11) is 0. The van der Waals surface area contributed by atoms with E-state index in [1.54, 1.807) is 0 Å². The topological polar surface area (TPSA) is 83.6 Å². The van der Waals surface area contributed by atoms with Gasteiger partial charge >= 0.3 is 6.18 Å². The third-order valence-electron chi connectivity index (χ3n) is 7.58. The predicted molar refractivity (Wildman–Crippen MR) is 122 cm³/mol. The van der Waals surface area contributed by atoms with Crippen molar-refractivity contribution in [1.82, 2.24) is 4.90 Å². The number of alkyl halides is 3.